The predicted octanol–water partition coefficient (Wildman–Crippen LogP) is 15.8. The highest BCUT2D eigenvalue weighted by molar-refractivity contribution is 8.02. The van der Waals surface area contributed by atoms with Crippen molar-refractivity contribution in [2.24, 2.45) is 82.9 Å². The average Bonchev–Trinajstić information content (AvgIpc) is 3.88. The van der Waals surface area contributed by atoms with Gasteiger partial charge in [0.25, 0.3) is 0 Å². The standard InChI is InChI=1S/C56H91NS2/c1-2-10-36(11-3-1)37-22-27-43(28-23-37)57(44-29-24-39(25-30-44)47-16-8-13-38-12-4-5-14-46(38)47)45-31-26-40-34-42(21-20-41(40)35-45)48-17-9-18-49-50-32-33-53-54(56(50)59-55(48)49)51-15-6-7-19-52(51)58-53/h36-56H,1-35H2. The summed E-state index contributed by atoms with van der Waals surface area (Å²) >= 11 is 5.20. The van der Waals surface area contributed by atoms with E-state index < -0.39 is 0 Å². The summed E-state index contributed by atoms with van der Waals surface area (Å²) in [6, 6.07) is 2.78. The minimum Gasteiger partial charge on any atom is -0.294 e. The Balaban J connectivity index is 0.707. The fraction of sp³-hybridized carbons (Fsp3) is 1.00. The normalized spacial score (nSPS) is 53.0. The van der Waals surface area contributed by atoms with Crippen molar-refractivity contribution in [2.75, 3.05) is 0 Å². The molecule has 1 nitrogen and oxygen atoms in total. The molecule has 12 fully saturated rings. The lowest BCUT2D eigenvalue weighted by molar-refractivity contribution is -0.0353. The number of hydrogen-bond acceptors (Lipinski definition) is 3. The third-order valence-corrected chi connectivity index (χ3v) is 26.8. The number of nitrogens with zero attached hydrogens (tertiary/aromatic N) is 1. The van der Waals surface area contributed by atoms with Crippen molar-refractivity contribution in [2.45, 2.75) is 264 Å². The molecule has 10 saturated carbocycles. The SMILES string of the molecule is C1CCC(C2CCC(N(C3CCC(C4CCCC5CCCCC54)CC3)C3CCC4CC(C5CCCC6C7CCC8SC9CCCCC9C8C7SC56)CCC4C3)CC2)CC1. The Morgan fingerprint density at radius 3 is 1.59 bits per heavy atom. The molecule has 0 spiro atoms. The minimum atomic E-state index is 0.926. The smallest absolute Gasteiger partial charge is 0.0123 e. The first kappa shape index (κ1) is 41.1. The average molecular weight is 842 g/mol. The molecular formula is C56H91NS2. The summed E-state index contributed by atoms with van der Waals surface area (Å²) in [5.74, 6) is 15.3. The molecule has 0 aromatic heterocycles. The van der Waals surface area contributed by atoms with E-state index in [1.165, 1.54) is 25.7 Å². The van der Waals surface area contributed by atoms with Crippen molar-refractivity contribution >= 4 is 23.5 Å². The summed E-state index contributed by atoms with van der Waals surface area (Å²) < 4.78 is 0. The Morgan fingerprint density at radius 1 is 0.254 bits per heavy atom. The van der Waals surface area contributed by atoms with Gasteiger partial charge in [0.1, 0.15) is 0 Å². The van der Waals surface area contributed by atoms with Crippen LogP contribution in [0, 0.1) is 82.9 Å². The van der Waals surface area contributed by atoms with Crippen LogP contribution < -0.4 is 0 Å². The van der Waals surface area contributed by atoms with Crippen molar-refractivity contribution in [1.29, 1.82) is 0 Å². The molecule has 0 bridgehead atoms. The largest absolute Gasteiger partial charge is 0.294 e. The molecule has 12 aliphatic rings. The molecule has 0 N–H and O–H groups in total. The fourth-order valence-corrected chi connectivity index (χ4v) is 25.2. The summed E-state index contributed by atoms with van der Waals surface area (Å²) in [6.45, 7) is 0. The van der Waals surface area contributed by atoms with Gasteiger partial charge in [-0.25, -0.2) is 0 Å². The molecule has 10 aliphatic carbocycles. The van der Waals surface area contributed by atoms with E-state index in [4.69, 9.17) is 0 Å². The van der Waals surface area contributed by atoms with Gasteiger partial charge in [0.2, 0.25) is 0 Å². The van der Waals surface area contributed by atoms with Crippen LogP contribution >= 0.6 is 23.5 Å². The zero-order valence-corrected chi connectivity index (χ0v) is 39.8. The summed E-state index contributed by atoms with van der Waals surface area (Å²) in [4.78, 5) is 3.41. The molecule has 16 atom stereocenters. The van der Waals surface area contributed by atoms with Gasteiger partial charge in [-0.1, -0.05) is 83.5 Å². The predicted molar refractivity (Wildman–Crippen MR) is 254 cm³/mol. The van der Waals surface area contributed by atoms with Gasteiger partial charge in [-0.2, -0.15) is 23.5 Å². The molecule has 0 amide bonds. The van der Waals surface area contributed by atoms with E-state index >= 15 is 0 Å². The van der Waals surface area contributed by atoms with Crippen LogP contribution in [0.1, 0.15) is 225 Å². The van der Waals surface area contributed by atoms with Crippen molar-refractivity contribution in [3.05, 3.63) is 0 Å². The second kappa shape index (κ2) is 18.1. The highest BCUT2D eigenvalue weighted by Gasteiger charge is 2.60. The van der Waals surface area contributed by atoms with Crippen molar-refractivity contribution in [3.63, 3.8) is 0 Å². The molecule has 59 heavy (non-hydrogen) atoms. The molecular weight excluding hydrogens is 751 g/mol. The molecule has 16 unspecified atom stereocenters. The molecule has 332 valence electrons. The summed E-state index contributed by atoms with van der Waals surface area (Å²) in [5, 5.41) is 4.21. The first-order valence-corrected chi connectivity index (χ1v) is 30.2. The number of fused-ring (bicyclic) bond motifs is 9. The Morgan fingerprint density at radius 2 is 0.763 bits per heavy atom. The molecule has 3 heteroatoms. The Bertz CT molecular complexity index is 1370. The van der Waals surface area contributed by atoms with Crippen LogP contribution in [0.4, 0.5) is 0 Å². The molecule has 0 radical (unpaired) electrons. The molecule has 2 saturated heterocycles. The van der Waals surface area contributed by atoms with Gasteiger partial charge in [-0.3, -0.25) is 4.90 Å². The van der Waals surface area contributed by atoms with Crippen LogP contribution in [0.5, 0.6) is 0 Å². The van der Waals surface area contributed by atoms with Crippen LogP contribution in [-0.2, 0) is 0 Å². The first-order valence-electron chi connectivity index (χ1n) is 28.3. The lowest BCUT2D eigenvalue weighted by atomic mass is 9.59. The maximum atomic E-state index is 3.41. The Kier molecular flexibility index (Phi) is 12.6. The number of rotatable bonds is 6. The van der Waals surface area contributed by atoms with Gasteiger partial charge in [0, 0.05) is 39.1 Å². The molecule has 0 aromatic rings. The summed E-state index contributed by atoms with van der Waals surface area (Å²) in [5.41, 5.74) is 0. The first-order chi connectivity index (χ1) is 29.2. The van der Waals surface area contributed by atoms with E-state index in [9.17, 15) is 0 Å². The van der Waals surface area contributed by atoms with Crippen molar-refractivity contribution < 1.29 is 0 Å². The van der Waals surface area contributed by atoms with Crippen molar-refractivity contribution in [3.8, 4) is 0 Å². The van der Waals surface area contributed by atoms with Gasteiger partial charge >= 0.3 is 0 Å². The van der Waals surface area contributed by atoms with Gasteiger partial charge < -0.3 is 0 Å². The third-order valence-electron chi connectivity index (χ3n) is 22.9. The van der Waals surface area contributed by atoms with Crippen LogP contribution in [0.2, 0.25) is 0 Å². The summed E-state index contributed by atoms with van der Waals surface area (Å²) in [6.07, 6.45) is 55.3. The second-order valence-corrected chi connectivity index (χ2v) is 28.0. The lowest BCUT2D eigenvalue weighted by Gasteiger charge is -2.54. The molecule has 2 heterocycles. The molecule has 2 aliphatic heterocycles. The number of thioether (sulfide) groups is 2. The summed E-state index contributed by atoms with van der Waals surface area (Å²) in [7, 11) is 0. The third kappa shape index (κ3) is 7.98. The Hall–Kier alpha value is 0.660. The Labute approximate surface area is 373 Å². The maximum absolute atomic E-state index is 3.41. The van der Waals surface area contributed by atoms with E-state index in [1.54, 1.807) is 199 Å². The maximum Gasteiger partial charge on any atom is 0.0123 e. The van der Waals surface area contributed by atoms with Crippen LogP contribution in [0.15, 0.2) is 0 Å². The zero-order chi connectivity index (χ0) is 38.9. The van der Waals surface area contributed by atoms with Crippen molar-refractivity contribution in [1.82, 2.24) is 4.90 Å². The van der Waals surface area contributed by atoms with Gasteiger partial charge in [0.05, 0.1) is 0 Å². The topological polar surface area (TPSA) is 3.24 Å². The molecule has 12 rings (SSSR count). The highest BCUT2D eigenvalue weighted by Crippen LogP contribution is 2.66. The minimum absolute atomic E-state index is 0.926. The van der Waals surface area contributed by atoms with E-state index in [2.05, 4.69) is 28.4 Å². The van der Waals surface area contributed by atoms with Gasteiger partial charge in [-0.05, 0) is 224 Å². The monoisotopic (exact) mass is 842 g/mol. The van der Waals surface area contributed by atoms with E-state index in [0.29, 0.717) is 0 Å². The van der Waals surface area contributed by atoms with E-state index in [-0.39, 0.29) is 0 Å². The lowest BCUT2D eigenvalue weighted by Crippen LogP contribution is -2.54. The van der Waals surface area contributed by atoms with E-state index in [0.717, 1.165) is 122 Å². The highest BCUT2D eigenvalue weighted by atomic mass is 32.2. The fourth-order valence-electron chi connectivity index (χ4n) is 20.4. The van der Waals surface area contributed by atoms with Gasteiger partial charge in [0.15, 0.2) is 0 Å². The van der Waals surface area contributed by atoms with Crippen LogP contribution in [-0.4, -0.2) is 44.0 Å². The number of hydrogen-bond donors (Lipinski definition) is 0. The van der Waals surface area contributed by atoms with Crippen LogP contribution in [0.25, 0.3) is 0 Å². The van der Waals surface area contributed by atoms with E-state index in [1.807, 2.05) is 0 Å². The zero-order valence-electron chi connectivity index (χ0n) is 38.1. The molecule has 0 aromatic carbocycles. The second-order valence-electron chi connectivity index (χ2n) is 25.1. The van der Waals surface area contributed by atoms with Gasteiger partial charge in [-0.15, -0.1) is 0 Å². The van der Waals surface area contributed by atoms with Crippen LogP contribution in [0.3, 0.4) is 0 Å². The quantitative estimate of drug-likeness (QED) is 0.262.